The smallest absolute Gasteiger partial charge is 0.0821 e. The zero-order valence-electron chi connectivity index (χ0n) is 15.8. The van der Waals surface area contributed by atoms with Crippen molar-refractivity contribution >= 4 is 13.3 Å². The summed E-state index contributed by atoms with van der Waals surface area (Å²) in [5.74, 6) is 0.571. The van der Waals surface area contributed by atoms with Crippen LogP contribution in [0.15, 0.2) is 66.7 Å². The lowest BCUT2D eigenvalue weighted by Gasteiger charge is -2.16. The van der Waals surface area contributed by atoms with Crippen LogP contribution in [-0.4, -0.2) is 7.85 Å². The highest BCUT2D eigenvalue weighted by molar-refractivity contribution is 6.34. The van der Waals surface area contributed by atoms with Crippen LogP contribution in [0.3, 0.4) is 0 Å². The third-order valence-corrected chi connectivity index (χ3v) is 5.25. The van der Waals surface area contributed by atoms with E-state index in [1.165, 1.54) is 38.8 Å². The van der Waals surface area contributed by atoms with Crippen molar-refractivity contribution in [2.45, 2.75) is 39.5 Å². The second kappa shape index (κ2) is 7.74. The van der Waals surface area contributed by atoms with Gasteiger partial charge in [0, 0.05) is 0 Å². The van der Waals surface area contributed by atoms with Crippen LogP contribution in [-0.2, 0) is 12.8 Å². The molecule has 0 unspecified atom stereocenters. The summed E-state index contributed by atoms with van der Waals surface area (Å²) in [5.41, 5.74) is 10.0. The Bertz CT molecular complexity index is 861. The molecular formula is C24H27B. The SMILES string of the molecule is Bc1c(Cc2ccccc2Cc2ccccc2C)cccc1C(C)C. The summed E-state index contributed by atoms with van der Waals surface area (Å²) < 4.78 is 0. The fourth-order valence-electron chi connectivity index (χ4n) is 3.64. The summed E-state index contributed by atoms with van der Waals surface area (Å²) >= 11 is 0. The van der Waals surface area contributed by atoms with Crippen LogP contribution in [0, 0.1) is 6.92 Å². The van der Waals surface area contributed by atoms with Gasteiger partial charge in [-0.25, -0.2) is 0 Å². The Kier molecular flexibility index (Phi) is 5.43. The van der Waals surface area contributed by atoms with Gasteiger partial charge in [0.2, 0.25) is 0 Å². The maximum absolute atomic E-state index is 2.29. The minimum atomic E-state index is 0.571. The molecule has 3 rings (SSSR count). The molecule has 0 fully saturated rings. The molecule has 1 heteroatoms. The van der Waals surface area contributed by atoms with Crippen molar-refractivity contribution in [3.8, 4) is 0 Å². The number of hydrogen-bond donors (Lipinski definition) is 0. The fourth-order valence-corrected chi connectivity index (χ4v) is 3.64. The lowest BCUT2D eigenvalue weighted by Crippen LogP contribution is -2.18. The van der Waals surface area contributed by atoms with Gasteiger partial charge in [-0.1, -0.05) is 91.6 Å². The van der Waals surface area contributed by atoms with Crippen LogP contribution in [0.5, 0.6) is 0 Å². The summed E-state index contributed by atoms with van der Waals surface area (Å²) in [5, 5.41) is 0. The van der Waals surface area contributed by atoms with Gasteiger partial charge in [-0.2, -0.15) is 0 Å². The van der Waals surface area contributed by atoms with Crippen LogP contribution >= 0.6 is 0 Å². The molecule has 0 nitrogen and oxygen atoms in total. The molecule has 0 saturated heterocycles. The Morgan fingerprint density at radius 3 is 1.80 bits per heavy atom. The first-order valence-corrected chi connectivity index (χ1v) is 9.26. The molecule has 25 heavy (non-hydrogen) atoms. The van der Waals surface area contributed by atoms with E-state index in [1.54, 1.807) is 0 Å². The maximum atomic E-state index is 2.29. The van der Waals surface area contributed by atoms with E-state index in [4.69, 9.17) is 0 Å². The Morgan fingerprint density at radius 2 is 1.20 bits per heavy atom. The molecule has 0 radical (unpaired) electrons. The first-order chi connectivity index (χ1) is 12.1. The Labute approximate surface area is 153 Å². The van der Waals surface area contributed by atoms with Crippen LogP contribution in [0.1, 0.15) is 53.1 Å². The molecule has 0 saturated carbocycles. The molecule has 0 aromatic heterocycles. The van der Waals surface area contributed by atoms with Crippen molar-refractivity contribution in [2.24, 2.45) is 0 Å². The van der Waals surface area contributed by atoms with Gasteiger partial charge >= 0.3 is 0 Å². The lowest BCUT2D eigenvalue weighted by molar-refractivity contribution is 0.871. The molecule has 0 aliphatic heterocycles. The molecule has 3 aromatic rings. The monoisotopic (exact) mass is 326 g/mol. The number of benzene rings is 3. The van der Waals surface area contributed by atoms with Gasteiger partial charge in [-0.3, -0.25) is 0 Å². The average Bonchev–Trinajstić information content (AvgIpc) is 2.60. The van der Waals surface area contributed by atoms with Gasteiger partial charge in [0.1, 0.15) is 7.85 Å². The van der Waals surface area contributed by atoms with Crippen molar-refractivity contribution in [3.63, 3.8) is 0 Å². The van der Waals surface area contributed by atoms with Crippen molar-refractivity contribution in [1.29, 1.82) is 0 Å². The molecule has 0 aliphatic carbocycles. The molecule has 126 valence electrons. The van der Waals surface area contributed by atoms with Gasteiger partial charge in [-0.15, -0.1) is 0 Å². The number of rotatable bonds is 5. The van der Waals surface area contributed by atoms with Crippen LogP contribution < -0.4 is 5.46 Å². The van der Waals surface area contributed by atoms with Gasteiger partial charge in [0.15, 0.2) is 0 Å². The summed E-state index contributed by atoms with van der Waals surface area (Å²) in [6, 6.07) is 24.4. The minimum absolute atomic E-state index is 0.571. The van der Waals surface area contributed by atoms with Gasteiger partial charge in [0.25, 0.3) is 0 Å². The van der Waals surface area contributed by atoms with E-state index in [1.807, 2.05) is 0 Å². The van der Waals surface area contributed by atoms with Crippen molar-refractivity contribution < 1.29 is 0 Å². The fraction of sp³-hybridized carbons (Fsp3) is 0.250. The zero-order chi connectivity index (χ0) is 17.8. The highest BCUT2D eigenvalue weighted by Gasteiger charge is 2.10. The molecule has 0 N–H and O–H groups in total. The zero-order valence-corrected chi connectivity index (χ0v) is 15.8. The Balaban J connectivity index is 1.92. The molecule has 3 aromatic carbocycles. The topological polar surface area (TPSA) is 0 Å². The summed E-state index contributed by atoms with van der Waals surface area (Å²) in [7, 11) is 2.27. The molecule has 0 bridgehead atoms. The third kappa shape index (κ3) is 4.04. The van der Waals surface area contributed by atoms with Crippen LogP contribution in [0.2, 0.25) is 0 Å². The van der Waals surface area contributed by atoms with E-state index in [2.05, 4.69) is 95.3 Å². The highest BCUT2D eigenvalue weighted by atomic mass is 14.1. The van der Waals surface area contributed by atoms with Crippen molar-refractivity contribution in [2.75, 3.05) is 0 Å². The summed E-state index contributed by atoms with van der Waals surface area (Å²) in [6.45, 7) is 6.75. The normalized spacial score (nSPS) is 11.0. The van der Waals surface area contributed by atoms with E-state index < -0.39 is 0 Å². The van der Waals surface area contributed by atoms with Gasteiger partial charge < -0.3 is 0 Å². The van der Waals surface area contributed by atoms with Gasteiger partial charge in [-0.05, 0) is 53.5 Å². The highest BCUT2D eigenvalue weighted by Crippen LogP contribution is 2.21. The van der Waals surface area contributed by atoms with Crippen molar-refractivity contribution in [1.82, 2.24) is 0 Å². The van der Waals surface area contributed by atoms with E-state index in [-0.39, 0.29) is 0 Å². The van der Waals surface area contributed by atoms with E-state index in [0.717, 1.165) is 12.8 Å². The second-order valence-electron chi connectivity index (χ2n) is 7.33. The van der Waals surface area contributed by atoms with Gasteiger partial charge in [0.05, 0.1) is 0 Å². The average molecular weight is 326 g/mol. The first kappa shape index (κ1) is 17.5. The molecule has 0 heterocycles. The first-order valence-electron chi connectivity index (χ1n) is 9.26. The lowest BCUT2D eigenvalue weighted by atomic mass is 9.79. The Hall–Kier alpha value is -2.28. The quantitative estimate of drug-likeness (QED) is 0.603. The Morgan fingerprint density at radius 1 is 0.680 bits per heavy atom. The standard InChI is InChI=1S/C24H27B/c1-17(2)23-14-8-13-22(24(23)25)16-21-12-7-6-11-20(21)15-19-10-5-4-9-18(19)3/h4-14,17H,15-16,25H2,1-3H3. The maximum Gasteiger partial charge on any atom is 0.140 e. The molecule has 0 spiro atoms. The number of hydrogen-bond acceptors (Lipinski definition) is 0. The molecular weight excluding hydrogens is 299 g/mol. The molecule has 0 aliphatic rings. The minimum Gasteiger partial charge on any atom is -0.0821 e. The predicted molar refractivity (Wildman–Crippen MR) is 112 cm³/mol. The second-order valence-corrected chi connectivity index (χ2v) is 7.33. The summed E-state index contributed by atoms with van der Waals surface area (Å²) in [4.78, 5) is 0. The van der Waals surface area contributed by atoms with E-state index >= 15 is 0 Å². The van der Waals surface area contributed by atoms with Crippen LogP contribution in [0.4, 0.5) is 0 Å². The summed E-state index contributed by atoms with van der Waals surface area (Å²) in [6.07, 6.45) is 2.01. The third-order valence-electron chi connectivity index (χ3n) is 5.25. The number of aryl methyl sites for hydroxylation is 1. The molecule has 0 amide bonds. The van der Waals surface area contributed by atoms with E-state index in [9.17, 15) is 0 Å². The van der Waals surface area contributed by atoms with Crippen LogP contribution in [0.25, 0.3) is 0 Å². The van der Waals surface area contributed by atoms with Crippen molar-refractivity contribution in [3.05, 3.63) is 100 Å². The van der Waals surface area contributed by atoms with E-state index in [0.29, 0.717) is 5.92 Å². The predicted octanol–water partition coefficient (Wildman–Crippen LogP) is 4.56. The molecule has 0 atom stereocenters. The largest absolute Gasteiger partial charge is 0.140 e.